The number of nitro groups is 1. The molecule has 0 unspecified atom stereocenters. The maximum atomic E-state index is 10.9. The van der Waals surface area contributed by atoms with E-state index in [4.69, 9.17) is 12.2 Å². The molecule has 0 bridgehead atoms. The SMILES string of the molecule is CC.Cc1ccc(CCCC(=S)n2nnc3ccc([N+](=O)[O-])cc32)cc1. The smallest absolute Gasteiger partial charge is 0.258 e. The number of fused-ring (bicyclic) bond motifs is 1. The van der Waals surface area contributed by atoms with E-state index in [1.54, 1.807) is 6.07 Å². The molecular formula is C19H22N4O2S. The van der Waals surface area contributed by atoms with Crippen LogP contribution in [0.15, 0.2) is 42.5 Å². The Morgan fingerprint density at radius 2 is 1.88 bits per heavy atom. The highest BCUT2D eigenvalue weighted by Crippen LogP contribution is 2.19. The Labute approximate surface area is 158 Å². The molecule has 0 aliphatic rings. The molecule has 0 saturated carbocycles. The second-order valence-corrected chi connectivity index (χ2v) is 6.14. The molecule has 3 rings (SSSR count). The summed E-state index contributed by atoms with van der Waals surface area (Å²) < 4.78 is 1.52. The van der Waals surface area contributed by atoms with E-state index >= 15 is 0 Å². The molecule has 0 spiro atoms. The number of aryl methyl sites for hydroxylation is 2. The van der Waals surface area contributed by atoms with Gasteiger partial charge in [-0.1, -0.05) is 61.1 Å². The van der Waals surface area contributed by atoms with Crippen molar-refractivity contribution in [3.63, 3.8) is 0 Å². The molecule has 0 amide bonds. The van der Waals surface area contributed by atoms with Crippen LogP contribution in [0.3, 0.4) is 0 Å². The van der Waals surface area contributed by atoms with Gasteiger partial charge in [0.15, 0.2) is 0 Å². The van der Waals surface area contributed by atoms with E-state index in [0.717, 1.165) is 12.8 Å². The van der Waals surface area contributed by atoms with Crippen molar-refractivity contribution in [2.45, 2.75) is 40.0 Å². The van der Waals surface area contributed by atoms with Crippen LogP contribution in [-0.4, -0.2) is 24.9 Å². The Kier molecular flexibility index (Phi) is 6.91. The minimum atomic E-state index is -0.433. The molecule has 0 N–H and O–H groups in total. The van der Waals surface area contributed by atoms with Crippen LogP contribution in [0.4, 0.5) is 5.69 Å². The molecule has 6 nitrogen and oxygen atoms in total. The van der Waals surface area contributed by atoms with Crippen molar-refractivity contribution in [3.8, 4) is 0 Å². The van der Waals surface area contributed by atoms with Crippen molar-refractivity contribution in [1.82, 2.24) is 15.0 Å². The lowest BCUT2D eigenvalue weighted by Crippen LogP contribution is -2.11. The number of nitro benzene ring substituents is 1. The van der Waals surface area contributed by atoms with Crippen molar-refractivity contribution < 1.29 is 4.92 Å². The van der Waals surface area contributed by atoms with Gasteiger partial charge in [-0.05, 0) is 31.4 Å². The van der Waals surface area contributed by atoms with Crippen molar-refractivity contribution in [2.75, 3.05) is 0 Å². The first kappa shape index (κ1) is 19.7. The topological polar surface area (TPSA) is 73.8 Å². The second kappa shape index (κ2) is 9.15. The van der Waals surface area contributed by atoms with Crippen molar-refractivity contribution in [3.05, 3.63) is 63.7 Å². The minimum Gasteiger partial charge on any atom is -0.258 e. The quantitative estimate of drug-likeness (QED) is 0.364. The van der Waals surface area contributed by atoms with E-state index in [1.807, 2.05) is 13.8 Å². The highest BCUT2D eigenvalue weighted by atomic mass is 32.1. The first-order valence-corrected chi connectivity index (χ1v) is 9.04. The van der Waals surface area contributed by atoms with Crippen LogP contribution in [0.2, 0.25) is 0 Å². The van der Waals surface area contributed by atoms with E-state index in [2.05, 4.69) is 41.5 Å². The van der Waals surface area contributed by atoms with Crippen molar-refractivity contribution in [1.29, 1.82) is 0 Å². The molecule has 0 atom stereocenters. The highest BCUT2D eigenvalue weighted by Gasteiger charge is 2.13. The highest BCUT2D eigenvalue weighted by molar-refractivity contribution is 7.80. The van der Waals surface area contributed by atoms with E-state index in [0.29, 0.717) is 22.4 Å². The minimum absolute atomic E-state index is 0.00788. The Morgan fingerprint density at radius 1 is 1.19 bits per heavy atom. The third kappa shape index (κ3) is 4.70. The molecule has 0 aliphatic carbocycles. The molecule has 1 heterocycles. The summed E-state index contributed by atoms with van der Waals surface area (Å²) >= 11 is 5.44. The summed E-state index contributed by atoms with van der Waals surface area (Å²) in [7, 11) is 0. The summed E-state index contributed by atoms with van der Waals surface area (Å²) in [6, 6.07) is 12.9. The van der Waals surface area contributed by atoms with E-state index in [9.17, 15) is 10.1 Å². The fourth-order valence-electron chi connectivity index (χ4n) is 2.51. The summed E-state index contributed by atoms with van der Waals surface area (Å²) in [5, 5.41) is 19.0. The molecule has 0 saturated heterocycles. The van der Waals surface area contributed by atoms with Gasteiger partial charge in [-0.25, -0.2) is 4.68 Å². The molecule has 2 aromatic carbocycles. The molecule has 0 aliphatic heterocycles. The molecule has 26 heavy (non-hydrogen) atoms. The maximum Gasteiger partial charge on any atom is 0.271 e. The number of hydrogen-bond acceptors (Lipinski definition) is 5. The fraction of sp³-hybridized carbons (Fsp3) is 0.316. The van der Waals surface area contributed by atoms with Gasteiger partial charge in [0.05, 0.1) is 4.92 Å². The first-order chi connectivity index (χ1) is 12.5. The van der Waals surface area contributed by atoms with Crippen molar-refractivity contribution >= 4 is 33.9 Å². The normalized spacial score (nSPS) is 10.3. The van der Waals surface area contributed by atoms with Crippen LogP contribution < -0.4 is 0 Å². The average molecular weight is 370 g/mol. The summed E-state index contributed by atoms with van der Waals surface area (Å²) in [5.41, 5.74) is 3.69. The standard InChI is InChI=1S/C17H16N4O2S.C2H6/c1-12-5-7-13(8-6-12)3-2-4-17(24)20-16-11-14(21(22)23)9-10-15(16)18-19-20;1-2/h5-11H,2-4H2,1H3;1-2H3. The van der Waals surface area contributed by atoms with Crippen LogP contribution >= 0.6 is 12.2 Å². The number of nitrogens with zero attached hydrogens (tertiary/aromatic N) is 4. The molecule has 7 heteroatoms. The molecule has 0 fully saturated rings. The van der Waals surface area contributed by atoms with Gasteiger partial charge in [-0.3, -0.25) is 10.1 Å². The van der Waals surface area contributed by atoms with Gasteiger partial charge < -0.3 is 0 Å². The van der Waals surface area contributed by atoms with Crippen LogP contribution in [-0.2, 0) is 6.42 Å². The molecule has 3 aromatic rings. The van der Waals surface area contributed by atoms with Gasteiger partial charge in [-0.15, -0.1) is 5.10 Å². The van der Waals surface area contributed by atoms with Gasteiger partial charge in [0.1, 0.15) is 16.0 Å². The molecular weight excluding hydrogens is 348 g/mol. The van der Waals surface area contributed by atoms with Gasteiger partial charge in [0.25, 0.3) is 5.69 Å². The Hall–Kier alpha value is -2.67. The van der Waals surface area contributed by atoms with Gasteiger partial charge in [-0.2, -0.15) is 0 Å². The predicted molar refractivity (Wildman–Crippen MR) is 108 cm³/mol. The molecule has 136 valence electrons. The molecule has 0 radical (unpaired) electrons. The largest absolute Gasteiger partial charge is 0.271 e. The van der Waals surface area contributed by atoms with Gasteiger partial charge in [0.2, 0.25) is 0 Å². The van der Waals surface area contributed by atoms with Gasteiger partial charge in [0, 0.05) is 18.6 Å². The maximum absolute atomic E-state index is 10.9. The van der Waals surface area contributed by atoms with Crippen LogP contribution in [0, 0.1) is 17.0 Å². The lowest BCUT2D eigenvalue weighted by Gasteiger charge is -2.05. The number of non-ortho nitro benzene ring substituents is 1. The number of benzene rings is 2. The van der Waals surface area contributed by atoms with Crippen molar-refractivity contribution in [2.24, 2.45) is 0 Å². The first-order valence-electron chi connectivity index (χ1n) is 8.63. The van der Waals surface area contributed by atoms with Crippen LogP contribution in [0.5, 0.6) is 0 Å². The third-order valence-electron chi connectivity index (χ3n) is 3.85. The Bertz CT molecular complexity index is 904. The number of thiocarbonyl (C=S) groups is 1. The zero-order valence-corrected chi connectivity index (χ0v) is 16.0. The van der Waals surface area contributed by atoms with Crippen LogP contribution in [0.25, 0.3) is 11.0 Å². The number of rotatable bonds is 5. The zero-order valence-electron chi connectivity index (χ0n) is 15.2. The summed E-state index contributed by atoms with van der Waals surface area (Å²) in [6.45, 7) is 6.06. The second-order valence-electron chi connectivity index (χ2n) is 5.66. The Balaban J connectivity index is 0.00000117. The monoisotopic (exact) mass is 370 g/mol. The summed E-state index contributed by atoms with van der Waals surface area (Å²) in [5.74, 6) is 0. The van der Waals surface area contributed by atoms with E-state index in [1.165, 1.54) is 27.9 Å². The number of hydrogen-bond donors (Lipinski definition) is 0. The zero-order chi connectivity index (χ0) is 19.1. The third-order valence-corrected chi connectivity index (χ3v) is 4.23. The molecule has 1 aromatic heterocycles. The summed E-state index contributed by atoms with van der Waals surface area (Å²) in [6.07, 6.45) is 2.48. The number of aromatic nitrogens is 3. The fourth-order valence-corrected chi connectivity index (χ4v) is 2.79. The Morgan fingerprint density at radius 3 is 2.54 bits per heavy atom. The lowest BCUT2D eigenvalue weighted by atomic mass is 10.1. The summed E-state index contributed by atoms with van der Waals surface area (Å²) in [4.78, 5) is 11.1. The average Bonchev–Trinajstić information content (AvgIpc) is 3.08. The predicted octanol–water partition coefficient (Wildman–Crippen LogP) is 4.87. The van der Waals surface area contributed by atoms with Crippen LogP contribution in [0.1, 0.15) is 37.8 Å². The lowest BCUT2D eigenvalue weighted by molar-refractivity contribution is -0.384. The van der Waals surface area contributed by atoms with E-state index in [-0.39, 0.29) is 5.69 Å². The van der Waals surface area contributed by atoms with E-state index < -0.39 is 4.92 Å². The van der Waals surface area contributed by atoms with Gasteiger partial charge >= 0.3 is 0 Å².